The number of anilines is 1. The van der Waals surface area contributed by atoms with E-state index in [0.29, 0.717) is 5.46 Å². The van der Waals surface area contributed by atoms with E-state index in [1.165, 1.54) is 12.1 Å². The van der Waals surface area contributed by atoms with Crippen LogP contribution in [0.4, 0.5) is 10.1 Å². The highest BCUT2D eigenvalue weighted by Crippen LogP contribution is 2.22. The zero-order valence-electron chi connectivity index (χ0n) is 11.2. The van der Waals surface area contributed by atoms with Gasteiger partial charge in [-0.05, 0) is 41.4 Å². The Bertz CT molecular complexity index is 842. The van der Waals surface area contributed by atoms with Crippen molar-refractivity contribution in [2.75, 3.05) is 4.72 Å². The van der Waals surface area contributed by atoms with Gasteiger partial charge in [-0.3, -0.25) is 4.72 Å². The molecule has 2 aromatic rings. The predicted molar refractivity (Wildman–Crippen MR) is 77.7 cm³/mol. The van der Waals surface area contributed by atoms with Crippen molar-refractivity contribution in [3.8, 4) is 5.75 Å². The van der Waals surface area contributed by atoms with Gasteiger partial charge in [-0.2, -0.15) is 0 Å². The van der Waals surface area contributed by atoms with Crippen LogP contribution >= 0.6 is 0 Å². The third-order valence-electron chi connectivity index (χ3n) is 3.29. The Morgan fingerprint density at radius 2 is 2.00 bits per heavy atom. The summed E-state index contributed by atoms with van der Waals surface area (Å²) in [6.07, 6.45) is 0. The quantitative estimate of drug-likeness (QED) is 0.717. The molecule has 0 atom stereocenters. The molecule has 0 bridgehead atoms. The monoisotopic (exact) mass is 323 g/mol. The first-order valence-corrected chi connectivity index (χ1v) is 7.79. The largest absolute Gasteiger partial charge is 0.505 e. The molecule has 1 heterocycles. The normalized spacial score (nSPS) is 14.0. The topological polar surface area (TPSA) is 95.9 Å². The second-order valence-electron chi connectivity index (χ2n) is 4.80. The highest BCUT2D eigenvalue weighted by Gasteiger charge is 2.28. The van der Waals surface area contributed by atoms with Crippen molar-refractivity contribution in [2.45, 2.75) is 11.5 Å². The maximum absolute atomic E-state index is 13.3. The first kappa shape index (κ1) is 14.8. The number of halogens is 1. The van der Waals surface area contributed by atoms with Gasteiger partial charge in [-0.15, -0.1) is 0 Å². The Hall–Kier alpha value is -2.10. The van der Waals surface area contributed by atoms with Crippen molar-refractivity contribution >= 4 is 28.3 Å². The minimum Gasteiger partial charge on any atom is -0.505 e. The van der Waals surface area contributed by atoms with Crippen molar-refractivity contribution in [1.82, 2.24) is 0 Å². The number of phenols is 1. The summed E-state index contributed by atoms with van der Waals surface area (Å²) in [6.45, 7) is 0.257. The van der Waals surface area contributed by atoms with Crippen LogP contribution in [0.15, 0.2) is 41.3 Å². The fourth-order valence-electron chi connectivity index (χ4n) is 2.15. The van der Waals surface area contributed by atoms with Gasteiger partial charge in [0.15, 0.2) is 11.6 Å². The number of fused-ring (bicyclic) bond motifs is 1. The molecule has 0 saturated heterocycles. The van der Waals surface area contributed by atoms with E-state index in [0.717, 1.165) is 23.8 Å². The van der Waals surface area contributed by atoms with Crippen molar-refractivity contribution in [1.29, 1.82) is 0 Å². The fourth-order valence-corrected chi connectivity index (χ4v) is 3.21. The number of benzene rings is 2. The molecule has 0 saturated carbocycles. The number of aromatic hydroxyl groups is 1. The third-order valence-corrected chi connectivity index (χ3v) is 4.67. The molecule has 114 valence electrons. The van der Waals surface area contributed by atoms with Gasteiger partial charge in [0.25, 0.3) is 10.0 Å². The Labute approximate surface area is 126 Å². The van der Waals surface area contributed by atoms with E-state index in [2.05, 4.69) is 4.72 Å². The molecule has 0 radical (unpaired) electrons. The van der Waals surface area contributed by atoms with Gasteiger partial charge in [-0.25, -0.2) is 12.8 Å². The van der Waals surface area contributed by atoms with Crippen LogP contribution < -0.4 is 10.2 Å². The van der Waals surface area contributed by atoms with Crippen LogP contribution in [-0.2, 0) is 21.3 Å². The van der Waals surface area contributed by atoms with Crippen LogP contribution in [0, 0.1) is 5.82 Å². The lowest BCUT2D eigenvalue weighted by molar-refractivity contribution is 0.275. The van der Waals surface area contributed by atoms with Crippen molar-refractivity contribution in [3.63, 3.8) is 0 Å². The van der Waals surface area contributed by atoms with Gasteiger partial charge >= 0.3 is 7.12 Å². The highest BCUT2D eigenvalue weighted by molar-refractivity contribution is 7.92. The average molecular weight is 323 g/mol. The fraction of sp³-hybridized carbons (Fsp3) is 0.0769. The maximum Gasteiger partial charge on any atom is 0.491 e. The van der Waals surface area contributed by atoms with E-state index in [1.807, 2.05) is 0 Å². The van der Waals surface area contributed by atoms with Gasteiger partial charge < -0.3 is 14.8 Å². The van der Waals surface area contributed by atoms with Gasteiger partial charge in [0.05, 0.1) is 11.5 Å². The van der Waals surface area contributed by atoms with Gasteiger partial charge in [-0.1, -0.05) is 6.07 Å². The second-order valence-corrected chi connectivity index (χ2v) is 6.48. The van der Waals surface area contributed by atoms with E-state index < -0.39 is 28.7 Å². The van der Waals surface area contributed by atoms with Crippen LogP contribution in [-0.4, -0.2) is 25.7 Å². The zero-order chi connectivity index (χ0) is 15.9. The Morgan fingerprint density at radius 3 is 2.73 bits per heavy atom. The molecule has 2 aromatic carbocycles. The lowest BCUT2D eigenvalue weighted by Crippen LogP contribution is -2.28. The molecule has 0 fully saturated rings. The van der Waals surface area contributed by atoms with E-state index in [-0.39, 0.29) is 17.2 Å². The summed E-state index contributed by atoms with van der Waals surface area (Å²) in [5, 5.41) is 18.7. The third kappa shape index (κ3) is 2.65. The number of nitrogens with one attached hydrogen (secondary N) is 1. The first-order chi connectivity index (χ1) is 10.4. The molecule has 0 amide bonds. The number of hydrogen-bond donors (Lipinski definition) is 3. The molecular weight excluding hydrogens is 312 g/mol. The Balaban J connectivity index is 1.91. The van der Waals surface area contributed by atoms with E-state index in [1.54, 1.807) is 6.07 Å². The van der Waals surface area contributed by atoms with Crippen LogP contribution in [0.1, 0.15) is 5.56 Å². The van der Waals surface area contributed by atoms with Crippen molar-refractivity contribution in [3.05, 3.63) is 47.8 Å². The molecule has 3 N–H and O–H groups in total. The minimum absolute atomic E-state index is 0.219. The Morgan fingerprint density at radius 1 is 1.23 bits per heavy atom. The van der Waals surface area contributed by atoms with E-state index in [4.69, 9.17) is 9.76 Å². The van der Waals surface area contributed by atoms with Crippen LogP contribution in [0.25, 0.3) is 0 Å². The highest BCUT2D eigenvalue weighted by atomic mass is 32.2. The lowest BCUT2D eigenvalue weighted by Gasteiger charge is -2.10. The zero-order valence-corrected chi connectivity index (χ0v) is 12.0. The summed E-state index contributed by atoms with van der Waals surface area (Å²) in [6, 6.07) is 7.40. The maximum atomic E-state index is 13.3. The van der Waals surface area contributed by atoms with E-state index in [9.17, 15) is 17.8 Å². The van der Waals surface area contributed by atoms with Gasteiger partial charge in [0.2, 0.25) is 0 Å². The molecule has 0 spiro atoms. The summed E-state index contributed by atoms with van der Waals surface area (Å²) in [5.74, 6) is -1.66. The molecule has 1 aliphatic heterocycles. The second kappa shape index (κ2) is 5.27. The first-order valence-electron chi connectivity index (χ1n) is 6.31. The summed E-state index contributed by atoms with van der Waals surface area (Å²) >= 11 is 0. The average Bonchev–Trinajstić information content (AvgIpc) is 2.83. The Kier molecular flexibility index (Phi) is 3.55. The van der Waals surface area contributed by atoms with Crippen molar-refractivity contribution < 1.29 is 27.6 Å². The number of rotatable bonds is 3. The van der Waals surface area contributed by atoms with Crippen LogP contribution in [0.2, 0.25) is 0 Å². The number of phenolic OH excluding ortho intramolecular Hbond substituents is 1. The van der Waals surface area contributed by atoms with E-state index >= 15 is 0 Å². The predicted octanol–water partition coefficient (Wildman–Crippen LogP) is 0.550. The number of hydrogen-bond acceptors (Lipinski definition) is 5. The number of sulfonamides is 1. The molecule has 0 unspecified atom stereocenters. The molecule has 9 heteroatoms. The summed E-state index contributed by atoms with van der Waals surface area (Å²) in [4.78, 5) is -0.319. The SMILES string of the molecule is O=S(=O)(Nc1ccc2c(c1)B(O)OC2)c1ccc(O)c(F)c1. The molecule has 0 aliphatic carbocycles. The van der Waals surface area contributed by atoms with Crippen molar-refractivity contribution in [2.24, 2.45) is 0 Å². The minimum atomic E-state index is -4.01. The standard InChI is InChI=1S/C13H11BFNO5S/c15-12-6-10(3-4-13(12)17)22(19,20)16-9-2-1-8-7-21-14(18)11(8)5-9/h1-6,16-18H,7H2. The molecule has 0 aromatic heterocycles. The molecule has 3 rings (SSSR count). The summed E-state index contributed by atoms with van der Waals surface area (Å²) in [7, 11) is -5.10. The smallest absolute Gasteiger partial charge is 0.491 e. The summed E-state index contributed by atoms with van der Waals surface area (Å²) in [5.41, 5.74) is 1.47. The van der Waals surface area contributed by atoms with Crippen LogP contribution in [0.3, 0.4) is 0 Å². The molecule has 1 aliphatic rings. The summed E-state index contributed by atoms with van der Waals surface area (Å²) < 4.78 is 45.0. The van der Waals surface area contributed by atoms with Gasteiger partial charge in [0, 0.05) is 5.69 Å². The van der Waals surface area contributed by atoms with Crippen LogP contribution in [0.5, 0.6) is 5.75 Å². The molecule has 22 heavy (non-hydrogen) atoms. The van der Waals surface area contributed by atoms with Gasteiger partial charge in [0.1, 0.15) is 0 Å². The molecular formula is C13H11BFNO5S. The molecule has 6 nitrogen and oxygen atoms in total. The lowest BCUT2D eigenvalue weighted by atomic mass is 9.79.